The zero-order chi connectivity index (χ0) is 20.4. The molecule has 0 bridgehead atoms. The molecule has 0 spiro atoms. The fraction of sp³-hybridized carbons (Fsp3) is 0.235. The summed E-state index contributed by atoms with van der Waals surface area (Å²) < 4.78 is 25.5. The Kier molecular flexibility index (Phi) is 7.13. The topological polar surface area (TPSA) is 75.7 Å². The standard InChI is InChI=1S/C17H17Cl3N2O4S/c1-10(11-4-6-13(18)15(20)8-11)21-17(23)12-5-7-14(19)16(9-12)27(24,25)22(2)26-3/h4-10H,1-3H3,(H,21,23). The van der Waals surface area contributed by atoms with Gasteiger partial charge in [0, 0.05) is 12.6 Å². The van der Waals surface area contributed by atoms with Crippen molar-refractivity contribution < 1.29 is 18.0 Å². The van der Waals surface area contributed by atoms with Crippen LogP contribution in [-0.4, -0.2) is 33.0 Å². The second-order valence-corrected chi connectivity index (χ2v) is 8.74. The highest BCUT2D eigenvalue weighted by Gasteiger charge is 2.25. The minimum Gasteiger partial charge on any atom is -0.346 e. The number of hydrogen-bond acceptors (Lipinski definition) is 4. The number of amides is 1. The quantitative estimate of drug-likeness (QED) is 0.664. The van der Waals surface area contributed by atoms with Crippen LogP contribution < -0.4 is 5.32 Å². The van der Waals surface area contributed by atoms with Gasteiger partial charge in [-0.2, -0.15) is 0 Å². The van der Waals surface area contributed by atoms with Crippen LogP contribution in [0.1, 0.15) is 28.9 Å². The van der Waals surface area contributed by atoms with Crippen LogP contribution in [0, 0.1) is 0 Å². The van der Waals surface area contributed by atoms with Crippen molar-refractivity contribution in [2.45, 2.75) is 17.9 Å². The number of carbonyl (C=O) groups is 1. The molecule has 0 heterocycles. The van der Waals surface area contributed by atoms with Crippen molar-refractivity contribution in [2.75, 3.05) is 14.2 Å². The summed E-state index contributed by atoms with van der Waals surface area (Å²) in [5.41, 5.74) is 0.882. The number of halogens is 3. The van der Waals surface area contributed by atoms with Gasteiger partial charge in [0.1, 0.15) is 4.90 Å². The third kappa shape index (κ3) is 4.93. The minimum absolute atomic E-state index is 0.0204. The number of rotatable bonds is 6. The van der Waals surface area contributed by atoms with Crippen LogP contribution in [0.2, 0.25) is 15.1 Å². The molecule has 2 rings (SSSR count). The minimum atomic E-state index is -4.00. The third-order valence-corrected chi connectivity index (χ3v) is 6.76. The fourth-order valence-electron chi connectivity index (χ4n) is 2.22. The zero-order valence-electron chi connectivity index (χ0n) is 14.7. The van der Waals surface area contributed by atoms with Gasteiger partial charge in [0.15, 0.2) is 0 Å². The molecule has 146 valence electrons. The van der Waals surface area contributed by atoms with E-state index < -0.39 is 15.9 Å². The molecule has 1 unspecified atom stereocenters. The summed E-state index contributed by atoms with van der Waals surface area (Å²) in [5.74, 6) is -0.471. The number of sulfonamides is 1. The van der Waals surface area contributed by atoms with Crippen LogP contribution in [0.25, 0.3) is 0 Å². The van der Waals surface area contributed by atoms with E-state index >= 15 is 0 Å². The van der Waals surface area contributed by atoms with Crippen molar-refractivity contribution in [1.82, 2.24) is 9.79 Å². The summed E-state index contributed by atoms with van der Waals surface area (Å²) in [5, 5.41) is 3.54. The molecule has 1 atom stereocenters. The predicted octanol–water partition coefficient (Wildman–Crippen LogP) is 4.32. The molecule has 1 amide bonds. The number of benzene rings is 2. The Morgan fingerprint density at radius 3 is 2.30 bits per heavy atom. The smallest absolute Gasteiger partial charge is 0.266 e. The van der Waals surface area contributed by atoms with Gasteiger partial charge in [-0.05, 0) is 42.8 Å². The summed E-state index contributed by atoms with van der Waals surface area (Å²) in [6.07, 6.45) is 0. The molecule has 0 aromatic heterocycles. The molecule has 0 aliphatic rings. The van der Waals surface area contributed by atoms with E-state index in [0.29, 0.717) is 14.5 Å². The lowest BCUT2D eigenvalue weighted by molar-refractivity contribution is -0.0258. The normalized spacial score (nSPS) is 12.9. The molecular weight excluding hydrogens is 435 g/mol. The van der Waals surface area contributed by atoms with Gasteiger partial charge in [-0.3, -0.25) is 9.63 Å². The molecule has 0 saturated heterocycles. The average molecular weight is 452 g/mol. The second kappa shape index (κ2) is 8.77. The first kappa shape index (κ1) is 21.9. The Bertz CT molecular complexity index is 967. The summed E-state index contributed by atoms with van der Waals surface area (Å²) in [6.45, 7) is 1.77. The van der Waals surface area contributed by atoms with Gasteiger partial charge in [0.25, 0.3) is 15.9 Å². The maximum Gasteiger partial charge on any atom is 0.266 e. The van der Waals surface area contributed by atoms with Crippen molar-refractivity contribution in [3.8, 4) is 0 Å². The summed E-state index contributed by atoms with van der Waals surface area (Å²) in [7, 11) is -1.56. The highest BCUT2D eigenvalue weighted by atomic mass is 35.5. The van der Waals surface area contributed by atoms with E-state index in [1.807, 2.05) is 0 Å². The van der Waals surface area contributed by atoms with Crippen LogP contribution in [0.5, 0.6) is 0 Å². The molecule has 0 radical (unpaired) electrons. The molecule has 0 fully saturated rings. The Labute approximate surface area is 173 Å². The monoisotopic (exact) mass is 450 g/mol. The third-order valence-electron chi connectivity index (χ3n) is 3.86. The van der Waals surface area contributed by atoms with E-state index in [1.54, 1.807) is 25.1 Å². The van der Waals surface area contributed by atoms with Crippen molar-refractivity contribution in [1.29, 1.82) is 0 Å². The van der Waals surface area contributed by atoms with Crippen LogP contribution in [0.3, 0.4) is 0 Å². The predicted molar refractivity (Wildman–Crippen MR) is 106 cm³/mol. The van der Waals surface area contributed by atoms with Crippen LogP contribution in [0.15, 0.2) is 41.3 Å². The van der Waals surface area contributed by atoms with E-state index in [0.717, 1.165) is 5.56 Å². The number of carbonyl (C=O) groups excluding carboxylic acids is 1. The Hall–Kier alpha value is -1.35. The first-order chi connectivity index (χ1) is 12.6. The van der Waals surface area contributed by atoms with E-state index in [1.165, 1.54) is 32.4 Å². The van der Waals surface area contributed by atoms with Gasteiger partial charge in [0.2, 0.25) is 0 Å². The first-order valence-electron chi connectivity index (χ1n) is 7.66. The molecule has 10 heteroatoms. The Balaban J connectivity index is 2.29. The molecular formula is C17H17Cl3N2O4S. The highest BCUT2D eigenvalue weighted by molar-refractivity contribution is 7.89. The van der Waals surface area contributed by atoms with E-state index in [-0.39, 0.29) is 21.5 Å². The Morgan fingerprint density at radius 2 is 1.70 bits per heavy atom. The van der Waals surface area contributed by atoms with Crippen molar-refractivity contribution in [2.24, 2.45) is 0 Å². The number of hydroxylamine groups is 1. The SMILES string of the molecule is CON(C)S(=O)(=O)c1cc(C(=O)NC(C)c2ccc(Cl)c(Cl)c2)ccc1Cl. The molecule has 0 aliphatic carbocycles. The average Bonchev–Trinajstić information content (AvgIpc) is 2.63. The maximum absolute atomic E-state index is 12.6. The number of hydrogen-bond donors (Lipinski definition) is 1. The lowest BCUT2D eigenvalue weighted by Crippen LogP contribution is -2.28. The second-order valence-electron chi connectivity index (χ2n) is 5.61. The van der Waals surface area contributed by atoms with Crippen molar-refractivity contribution in [3.63, 3.8) is 0 Å². The summed E-state index contributed by atoms with van der Waals surface area (Å²) in [6, 6.07) is 8.62. The Morgan fingerprint density at radius 1 is 1.07 bits per heavy atom. The number of nitrogens with zero attached hydrogens (tertiary/aromatic N) is 1. The van der Waals surface area contributed by atoms with Crippen LogP contribution in [0.4, 0.5) is 0 Å². The molecule has 0 saturated carbocycles. The molecule has 1 N–H and O–H groups in total. The molecule has 0 aliphatic heterocycles. The fourth-order valence-corrected chi connectivity index (χ4v) is 4.00. The maximum atomic E-state index is 12.6. The van der Waals surface area contributed by atoms with Crippen molar-refractivity contribution >= 4 is 50.7 Å². The zero-order valence-corrected chi connectivity index (χ0v) is 17.7. The van der Waals surface area contributed by atoms with Gasteiger partial charge in [-0.1, -0.05) is 45.3 Å². The van der Waals surface area contributed by atoms with Gasteiger partial charge < -0.3 is 5.32 Å². The summed E-state index contributed by atoms with van der Waals surface area (Å²) in [4.78, 5) is 17.1. The molecule has 27 heavy (non-hydrogen) atoms. The van der Waals surface area contributed by atoms with E-state index in [4.69, 9.17) is 39.6 Å². The van der Waals surface area contributed by atoms with E-state index in [9.17, 15) is 13.2 Å². The van der Waals surface area contributed by atoms with Crippen LogP contribution >= 0.6 is 34.8 Å². The van der Waals surface area contributed by atoms with Crippen molar-refractivity contribution in [3.05, 3.63) is 62.6 Å². The molecule has 6 nitrogen and oxygen atoms in total. The lowest BCUT2D eigenvalue weighted by atomic mass is 10.1. The van der Waals surface area contributed by atoms with Gasteiger partial charge in [-0.15, -0.1) is 0 Å². The van der Waals surface area contributed by atoms with E-state index in [2.05, 4.69) is 5.32 Å². The molecule has 2 aromatic rings. The first-order valence-corrected chi connectivity index (χ1v) is 10.2. The van der Waals surface area contributed by atoms with Gasteiger partial charge in [0.05, 0.1) is 28.2 Å². The number of nitrogens with one attached hydrogen (secondary N) is 1. The van der Waals surface area contributed by atoms with Gasteiger partial charge in [-0.25, -0.2) is 8.42 Å². The largest absolute Gasteiger partial charge is 0.346 e. The summed E-state index contributed by atoms with van der Waals surface area (Å²) >= 11 is 17.9. The van der Waals surface area contributed by atoms with Gasteiger partial charge >= 0.3 is 0 Å². The molecule has 2 aromatic carbocycles. The lowest BCUT2D eigenvalue weighted by Gasteiger charge is -2.17. The van der Waals surface area contributed by atoms with Crippen LogP contribution in [-0.2, 0) is 14.9 Å². The highest BCUT2D eigenvalue weighted by Crippen LogP contribution is 2.27.